The van der Waals surface area contributed by atoms with Gasteiger partial charge in [-0.2, -0.15) is 5.10 Å². The number of nitrogens with one attached hydrogen (secondary N) is 1. The number of non-ortho nitro benzene ring substituents is 1. The van der Waals surface area contributed by atoms with Crippen LogP contribution in [0.15, 0.2) is 54.6 Å². The van der Waals surface area contributed by atoms with E-state index in [-0.39, 0.29) is 17.6 Å². The van der Waals surface area contributed by atoms with Crippen LogP contribution in [-0.2, 0) is 0 Å². The highest BCUT2D eigenvalue weighted by Crippen LogP contribution is 2.25. The van der Waals surface area contributed by atoms with Gasteiger partial charge in [0.05, 0.1) is 23.4 Å². The third-order valence-corrected chi connectivity index (χ3v) is 4.62. The van der Waals surface area contributed by atoms with Crippen LogP contribution in [0.2, 0.25) is 0 Å². The summed E-state index contributed by atoms with van der Waals surface area (Å²) >= 11 is 0. The predicted molar refractivity (Wildman–Crippen MR) is 109 cm³/mol. The minimum absolute atomic E-state index is 0.00178. The van der Waals surface area contributed by atoms with E-state index in [1.807, 2.05) is 26.0 Å². The molecule has 2 aromatic carbocycles. The lowest BCUT2D eigenvalue weighted by Crippen LogP contribution is -2.33. The van der Waals surface area contributed by atoms with Gasteiger partial charge in [-0.3, -0.25) is 14.9 Å². The molecule has 1 amide bonds. The van der Waals surface area contributed by atoms with Crippen LogP contribution < -0.4 is 10.1 Å². The highest BCUT2D eigenvalue weighted by molar-refractivity contribution is 5.94. The molecule has 0 bridgehead atoms. The van der Waals surface area contributed by atoms with Crippen LogP contribution in [0, 0.1) is 10.1 Å². The molecule has 1 aromatic heterocycles. The lowest BCUT2D eigenvalue weighted by molar-refractivity contribution is -0.384. The van der Waals surface area contributed by atoms with Crippen LogP contribution in [0.5, 0.6) is 5.75 Å². The number of carbonyl (C=O) groups excluding carboxylic acids is 1. The molecule has 0 aliphatic heterocycles. The molecule has 150 valence electrons. The number of ether oxygens (including phenoxy) is 1. The number of hydrogen-bond donors (Lipinski definition) is 1. The van der Waals surface area contributed by atoms with Gasteiger partial charge in [-0.15, -0.1) is 0 Å². The van der Waals surface area contributed by atoms with Crippen molar-refractivity contribution in [1.29, 1.82) is 0 Å². The summed E-state index contributed by atoms with van der Waals surface area (Å²) in [7, 11) is 1.58. The summed E-state index contributed by atoms with van der Waals surface area (Å²) in [6, 6.07) is 15.0. The summed E-state index contributed by atoms with van der Waals surface area (Å²) in [5.74, 6) is 0.456. The van der Waals surface area contributed by atoms with Gasteiger partial charge in [0.15, 0.2) is 0 Å². The monoisotopic (exact) mass is 394 g/mol. The first-order chi connectivity index (χ1) is 13.9. The Kier molecular flexibility index (Phi) is 5.92. The molecule has 1 heterocycles. The molecule has 3 aromatic rings. The quantitative estimate of drug-likeness (QED) is 0.483. The number of nitrogens with zero attached hydrogens (tertiary/aromatic N) is 3. The fourth-order valence-electron chi connectivity index (χ4n) is 2.76. The van der Waals surface area contributed by atoms with Gasteiger partial charge in [-0.1, -0.05) is 6.92 Å². The van der Waals surface area contributed by atoms with Crippen molar-refractivity contribution in [2.45, 2.75) is 26.3 Å². The van der Waals surface area contributed by atoms with Crippen molar-refractivity contribution in [3.63, 3.8) is 0 Å². The third kappa shape index (κ3) is 4.43. The number of aromatic nitrogens is 2. The summed E-state index contributed by atoms with van der Waals surface area (Å²) in [6.45, 7) is 3.93. The fourth-order valence-corrected chi connectivity index (χ4v) is 2.76. The maximum Gasteiger partial charge on any atom is 0.270 e. The van der Waals surface area contributed by atoms with Crippen molar-refractivity contribution in [2.75, 3.05) is 7.11 Å². The zero-order valence-corrected chi connectivity index (χ0v) is 16.5. The van der Waals surface area contributed by atoms with Crippen molar-refractivity contribution in [3.05, 3.63) is 70.4 Å². The first kappa shape index (κ1) is 20.1. The van der Waals surface area contributed by atoms with Gasteiger partial charge in [0.1, 0.15) is 11.4 Å². The number of carbonyl (C=O) groups is 1. The van der Waals surface area contributed by atoms with Crippen molar-refractivity contribution in [3.8, 4) is 22.7 Å². The van der Waals surface area contributed by atoms with Gasteiger partial charge >= 0.3 is 0 Å². The molecule has 3 rings (SSSR count). The normalized spacial score (nSPS) is 11.7. The van der Waals surface area contributed by atoms with Crippen LogP contribution in [0.25, 0.3) is 16.9 Å². The molecular weight excluding hydrogens is 372 g/mol. The van der Waals surface area contributed by atoms with E-state index in [0.717, 1.165) is 6.42 Å². The summed E-state index contributed by atoms with van der Waals surface area (Å²) in [5, 5.41) is 18.4. The first-order valence-corrected chi connectivity index (χ1v) is 9.23. The molecule has 1 unspecified atom stereocenters. The lowest BCUT2D eigenvalue weighted by Gasteiger charge is -2.12. The number of nitro benzene ring substituents is 1. The molecular formula is C21H22N4O4. The molecule has 1 N–H and O–H groups in total. The number of amides is 1. The van der Waals surface area contributed by atoms with E-state index in [2.05, 4.69) is 10.4 Å². The van der Waals surface area contributed by atoms with E-state index >= 15 is 0 Å². The van der Waals surface area contributed by atoms with Crippen LogP contribution in [0.3, 0.4) is 0 Å². The summed E-state index contributed by atoms with van der Waals surface area (Å²) in [4.78, 5) is 23.3. The number of rotatable bonds is 7. The van der Waals surface area contributed by atoms with E-state index in [9.17, 15) is 14.9 Å². The second-order valence-electron chi connectivity index (χ2n) is 6.61. The molecule has 0 saturated carbocycles. The average molecular weight is 394 g/mol. The average Bonchev–Trinajstić information content (AvgIpc) is 3.19. The summed E-state index contributed by atoms with van der Waals surface area (Å²) < 4.78 is 6.75. The Bertz CT molecular complexity index is 1010. The lowest BCUT2D eigenvalue weighted by atomic mass is 10.1. The Morgan fingerprint density at radius 3 is 2.41 bits per heavy atom. The summed E-state index contributed by atoms with van der Waals surface area (Å²) in [5.41, 5.74) is 2.31. The SMILES string of the molecule is CCC(C)NC(=O)c1cc(-c2ccc([N+](=O)[O-])cc2)nn1-c1ccc(OC)cc1. The molecule has 8 nitrogen and oxygen atoms in total. The zero-order chi connectivity index (χ0) is 21.0. The van der Waals surface area contributed by atoms with Crippen LogP contribution >= 0.6 is 0 Å². The van der Waals surface area contributed by atoms with E-state index in [1.54, 1.807) is 42.1 Å². The van der Waals surface area contributed by atoms with Crippen LogP contribution in [0.1, 0.15) is 30.8 Å². The molecule has 0 spiro atoms. The molecule has 29 heavy (non-hydrogen) atoms. The Labute approximate surface area is 168 Å². The number of methoxy groups -OCH3 is 1. The number of nitro groups is 1. The van der Waals surface area contributed by atoms with E-state index in [0.29, 0.717) is 28.4 Å². The van der Waals surface area contributed by atoms with Gasteiger partial charge in [-0.25, -0.2) is 4.68 Å². The Balaban J connectivity index is 2.04. The van der Waals surface area contributed by atoms with E-state index < -0.39 is 4.92 Å². The first-order valence-electron chi connectivity index (χ1n) is 9.23. The second-order valence-corrected chi connectivity index (χ2v) is 6.61. The Morgan fingerprint density at radius 1 is 1.21 bits per heavy atom. The van der Waals surface area contributed by atoms with Crippen molar-refractivity contribution >= 4 is 11.6 Å². The van der Waals surface area contributed by atoms with E-state index in [1.165, 1.54) is 12.1 Å². The largest absolute Gasteiger partial charge is 0.497 e. The van der Waals surface area contributed by atoms with E-state index in [4.69, 9.17) is 4.74 Å². The maximum absolute atomic E-state index is 12.8. The number of hydrogen-bond acceptors (Lipinski definition) is 5. The summed E-state index contributed by atoms with van der Waals surface area (Å²) in [6.07, 6.45) is 0.803. The molecule has 0 radical (unpaired) electrons. The van der Waals surface area contributed by atoms with Gasteiger partial charge in [0.25, 0.3) is 11.6 Å². The molecule has 0 saturated heterocycles. The van der Waals surface area contributed by atoms with Crippen LogP contribution in [-0.4, -0.2) is 33.8 Å². The second kappa shape index (κ2) is 8.55. The van der Waals surface area contributed by atoms with Gasteiger partial charge in [0.2, 0.25) is 0 Å². The van der Waals surface area contributed by atoms with Crippen molar-refractivity contribution in [2.24, 2.45) is 0 Å². The Hall–Kier alpha value is -3.68. The topological polar surface area (TPSA) is 99.3 Å². The molecule has 0 aliphatic rings. The molecule has 0 aliphatic carbocycles. The third-order valence-electron chi connectivity index (χ3n) is 4.62. The van der Waals surface area contributed by atoms with Crippen molar-refractivity contribution in [1.82, 2.24) is 15.1 Å². The molecule has 0 fully saturated rings. The van der Waals surface area contributed by atoms with Gasteiger partial charge in [-0.05, 0) is 55.8 Å². The highest BCUT2D eigenvalue weighted by Gasteiger charge is 2.19. The van der Waals surface area contributed by atoms with Crippen molar-refractivity contribution < 1.29 is 14.5 Å². The standard InChI is InChI=1S/C21H22N4O4/c1-4-14(2)22-21(26)20-13-19(15-5-7-17(8-6-15)25(27)28)23-24(20)16-9-11-18(29-3)12-10-16/h5-14H,4H2,1-3H3,(H,22,26). The maximum atomic E-state index is 12.8. The van der Waals surface area contributed by atoms with Crippen LogP contribution in [0.4, 0.5) is 5.69 Å². The fraction of sp³-hybridized carbons (Fsp3) is 0.238. The molecule has 8 heteroatoms. The Morgan fingerprint density at radius 2 is 1.86 bits per heavy atom. The minimum Gasteiger partial charge on any atom is -0.497 e. The number of benzene rings is 2. The molecule has 1 atom stereocenters. The predicted octanol–water partition coefficient (Wildman–Crippen LogP) is 3.98. The smallest absolute Gasteiger partial charge is 0.270 e. The zero-order valence-electron chi connectivity index (χ0n) is 16.5. The highest BCUT2D eigenvalue weighted by atomic mass is 16.6. The minimum atomic E-state index is -0.454. The van der Waals surface area contributed by atoms with Gasteiger partial charge < -0.3 is 10.1 Å². The van der Waals surface area contributed by atoms with Gasteiger partial charge in [0, 0.05) is 23.7 Å².